The lowest BCUT2D eigenvalue weighted by molar-refractivity contribution is -0.274. The summed E-state index contributed by atoms with van der Waals surface area (Å²) in [6.07, 6.45) is -3.13. The molecule has 0 bridgehead atoms. The molecule has 0 saturated heterocycles. The predicted octanol–water partition coefficient (Wildman–Crippen LogP) is 5.33. The van der Waals surface area contributed by atoms with Gasteiger partial charge in [0.1, 0.15) is 17.2 Å². The molecule has 2 aromatic carbocycles. The molecule has 0 saturated carbocycles. The van der Waals surface area contributed by atoms with E-state index >= 15 is 0 Å². The van der Waals surface area contributed by atoms with Gasteiger partial charge in [-0.1, -0.05) is 12.1 Å². The number of benzene rings is 2. The second-order valence-electron chi connectivity index (χ2n) is 6.18. The van der Waals surface area contributed by atoms with Crippen molar-refractivity contribution in [2.45, 2.75) is 12.9 Å². The van der Waals surface area contributed by atoms with Crippen LogP contribution in [0, 0.1) is 0 Å². The van der Waals surface area contributed by atoms with Crippen LogP contribution in [0.5, 0.6) is 23.1 Å². The Kier molecular flexibility index (Phi) is 8.93. The molecule has 0 spiro atoms. The number of hydrogen-bond acceptors (Lipinski definition) is 5. The molecule has 170 valence electrons. The van der Waals surface area contributed by atoms with Crippen molar-refractivity contribution >= 4 is 35.6 Å². The van der Waals surface area contributed by atoms with Gasteiger partial charge in [0, 0.05) is 24.0 Å². The van der Waals surface area contributed by atoms with Crippen LogP contribution in [0.2, 0.25) is 0 Å². The van der Waals surface area contributed by atoms with Gasteiger partial charge in [-0.15, -0.1) is 37.1 Å². The van der Waals surface area contributed by atoms with E-state index in [-0.39, 0.29) is 42.2 Å². The van der Waals surface area contributed by atoms with Crippen LogP contribution in [-0.2, 0) is 6.54 Å². The number of ether oxygens (including phenoxy) is 3. The largest absolute Gasteiger partial charge is 0.573 e. The van der Waals surface area contributed by atoms with E-state index in [1.807, 2.05) is 12.1 Å². The summed E-state index contributed by atoms with van der Waals surface area (Å²) in [4.78, 5) is 8.41. The molecule has 11 heteroatoms. The maximum atomic E-state index is 12.2. The summed E-state index contributed by atoms with van der Waals surface area (Å²) in [5.41, 5.74) is 7.08. The van der Waals surface area contributed by atoms with Crippen molar-refractivity contribution in [2.24, 2.45) is 10.7 Å². The molecular formula is C21H20F3IN4O3. The van der Waals surface area contributed by atoms with Gasteiger partial charge in [-0.2, -0.15) is 0 Å². The van der Waals surface area contributed by atoms with Crippen molar-refractivity contribution in [1.29, 1.82) is 0 Å². The molecule has 7 nitrogen and oxygen atoms in total. The maximum Gasteiger partial charge on any atom is 0.573 e. The number of alkyl halides is 3. The summed E-state index contributed by atoms with van der Waals surface area (Å²) in [6.45, 7) is 0.251. The van der Waals surface area contributed by atoms with E-state index in [1.54, 1.807) is 37.6 Å². The number of nitrogens with one attached hydrogen (secondary N) is 1. The summed E-state index contributed by atoms with van der Waals surface area (Å²) >= 11 is 0. The van der Waals surface area contributed by atoms with Gasteiger partial charge < -0.3 is 25.3 Å². The first-order valence-electron chi connectivity index (χ1n) is 9.00. The highest BCUT2D eigenvalue weighted by atomic mass is 127. The zero-order chi connectivity index (χ0) is 22.3. The number of pyridine rings is 1. The lowest BCUT2D eigenvalue weighted by Crippen LogP contribution is -2.22. The molecule has 0 fully saturated rings. The lowest BCUT2D eigenvalue weighted by Gasteiger charge is -2.10. The first-order chi connectivity index (χ1) is 14.8. The van der Waals surface area contributed by atoms with Crippen LogP contribution in [0.4, 0.5) is 18.9 Å². The Labute approximate surface area is 199 Å². The highest BCUT2D eigenvalue weighted by Gasteiger charge is 2.30. The molecule has 3 N–H and O–H groups in total. The summed E-state index contributed by atoms with van der Waals surface area (Å²) in [5, 5.41) is 2.79. The number of hydrogen-bond donors (Lipinski definition) is 2. The molecular weight excluding hydrogens is 540 g/mol. The highest BCUT2D eigenvalue weighted by Crippen LogP contribution is 2.25. The van der Waals surface area contributed by atoms with Crippen LogP contribution >= 0.6 is 24.0 Å². The van der Waals surface area contributed by atoms with Gasteiger partial charge in [0.05, 0.1) is 13.7 Å². The summed E-state index contributed by atoms with van der Waals surface area (Å²) in [7, 11) is 1.57. The monoisotopic (exact) mass is 560 g/mol. The number of nitrogens with zero attached hydrogens (tertiary/aromatic N) is 2. The van der Waals surface area contributed by atoms with Crippen molar-refractivity contribution in [3.63, 3.8) is 0 Å². The molecule has 0 aliphatic heterocycles. The molecule has 0 atom stereocenters. The molecule has 0 unspecified atom stereocenters. The Morgan fingerprint density at radius 3 is 2.38 bits per heavy atom. The average molecular weight is 560 g/mol. The average Bonchev–Trinajstić information content (AvgIpc) is 2.74. The quantitative estimate of drug-likeness (QED) is 0.231. The third-order valence-corrected chi connectivity index (χ3v) is 3.85. The van der Waals surface area contributed by atoms with Crippen LogP contribution in [0.15, 0.2) is 71.9 Å². The number of aliphatic imine (C=N–C) groups is 1. The first-order valence-corrected chi connectivity index (χ1v) is 9.00. The smallest absolute Gasteiger partial charge is 0.497 e. The third kappa shape index (κ3) is 8.13. The minimum atomic E-state index is -4.74. The Hall–Kier alpha value is -3.22. The molecule has 3 aromatic rings. The van der Waals surface area contributed by atoms with Gasteiger partial charge in [0.15, 0.2) is 5.96 Å². The molecule has 1 aromatic heterocycles. The number of halogens is 4. The fourth-order valence-corrected chi connectivity index (χ4v) is 2.45. The van der Waals surface area contributed by atoms with E-state index in [2.05, 4.69) is 20.0 Å². The number of rotatable bonds is 7. The lowest BCUT2D eigenvalue weighted by atomic mass is 10.3. The Morgan fingerprint density at radius 1 is 1.03 bits per heavy atom. The van der Waals surface area contributed by atoms with Crippen molar-refractivity contribution < 1.29 is 27.4 Å². The molecule has 32 heavy (non-hydrogen) atoms. The molecule has 1 heterocycles. The normalized spacial score (nSPS) is 11.3. The fourth-order valence-electron chi connectivity index (χ4n) is 2.45. The van der Waals surface area contributed by atoms with Gasteiger partial charge >= 0.3 is 6.36 Å². The number of aromatic nitrogens is 1. The molecule has 0 radical (unpaired) electrons. The predicted molar refractivity (Wildman–Crippen MR) is 125 cm³/mol. The molecule has 0 aliphatic rings. The zero-order valence-corrected chi connectivity index (χ0v) is 19.1. The number of nitrogens with two attached hydrogens (primary N) is 1. The number of methoxy groups -OCH3 is 1. The molecule has 0 amide bonds. The van der Waals surface area contributed by atoms with Crippen molar-refractivity contribution in [3.8, 4) is 23.1 Å². The number of anilines is 1. The van der Waals surface area contributed by atoms with E-state index in [0.29, 0.717) is 23.1 Å². The van der Waals surface area contributed by atoms with Crippen molar-refractivity contribution in [3.05, 3.63) is 72.4 Å². The van der Waals surface area contributed by atoms with E-state index in [4.69, 9.17) is 15.2 Å². The van der Waals surface area contributed by atoms with Crippen molar-refractivity contribution in [2.75, 3.05) is 12.4 Å². The minimum Gasteiger partial charge on any atom is -0.497 e. The Morgan fingerprint density at radius 2 is 1.75 bits per heavy atom. The van der Waals surface area contributed by atoms with E-state index in [9.17, 15) is 13.2 Å². The highest BCUT2D eigenvalue weighted by molar-refractivity contribution is 14.0. The van der Waals surface area contributed by atoms with Crippen LogP contribution in [0.25, 0.3) is 0 Å². The standard InChI is InChI=1S/C21H19F3N4O3.HI/c1-29-17-3-2-4-18(11-17)30-19-10-5-14(12-26-19)13-27-20(25)28-15-6-8-16(9-7-15)31-21(22,23)24;/h2-12H,13H2,1H3,(H3,25,27,28);1H. The van der Waals surface area contributed by atoms with E-state index in [0.717, 1.165) is 5.56 Å². The van der Waals surface area contributed by atoms with E-state index in [1.165, 1.54) is 24.3 Å². The number of guanidine groups is 1. The topological polar surface area (TPSA) is 91.0 Å². The van der Waals surface area contributed by atoms with Crippen LogP contribution in [-0.4, -0.2) is 24.4 Å². The molecule has 3 rings (SSSR count). The third-order valence-electron chi connectivity index (χ3n) is 3.85. The maximum absolute atomic E-state index is 12.2. The summed E-state index contributed by atoms with van der Waals surface area (Å²) < 4.78 is 51.2. The van der Waals surface area contributed by atoms with Gasteiger partial charge in [-0.3, -0.25) is 0 Å². The van der Waals surface area contributed by atoms with Gasteiger partial charge in [-0.25, -0.2) is 9.98 Å². The van der Waals surface area contributed by atoms with Gasteiger partial charge in [-0.05, 0) is 42.0 Å². The fraction of sp³-hybridized carbons (Fsp3) is 0.143. The van der Waals surface area contributed by atoms with Crippen LogP contribution < -0.4 is 25.3 Å². The Balaban J connectivity index is 0.00000363. The van der Waals surface area contributed by atoms with Gasteiger partial charge in [0.25, 0.3) is 0 Å². The van der Waals surface area contributed by atoms with Crippen LogP contribution in [0.1, 0.15) is 5.56 Å². The Bertz CT molecular complexity index is 1030. The first kappa shape index (κ1) is 25.0. The summed E-state index contributed by atoms with van der Waals surface area (Å²) in [6, 6.07) is 15.8. The second-order valence-corrected chi connectivity index (χ2v) is 6.18. The van der Waals surface area contributed by atoms with Crippen LogP contribution in [0.3, 0.4) is 0 Å². The minimum absolute atomic E-state index is 0. The zero-order valence-electron chi connectivity index (χ0n) is 16.8. The van der Waals surface area contributed by atoms with Gasteiger partial charge in [0.2, 0.25) is 5.88 Å². The SMILES string of the molecule is COc1cccc(Oc2ccc(CN=C(N)Nc3ccc(OC(F)(F)F)cc3)cn2)c1.I. The second kappa shape index (κ2) is 11.4. The van der Waals surface area contributed by atoms with Crippen molar-refractivity contribution in [1.82, 2.24) is 4.98 Å². The molecule has 0 aliphatic carbocycles. The van der Waals surface area contributed by atoms with E-state index < -0.39 is 6.36 Å². The summed E-state index contributed by atoms with van der Waals surface area (Å²) in [5.74, 6) is 1.46.